The lowest BCUT2D eigenvalue weighted by Gasteiger charge is -2.33. The molecule has 0 atom stereocenters. The quantitative estimate of drug-likeness (QED) is 0.252. The van der Waals surface area contributed by atoms with Gasteiger partial charge >= 0.3 is 0 Å². The van der Waals surface area contributed by atoms with Crippen LogP contribution in [0.1, 0.15) is 29.5 Å². The van der Waals surface area contributed by atoms with Gasteiger partial charge in [-0.15, -0.1) is 0 Å². The molecule has 4 aromatic rings. The van der Waals surface area contributed by atoms with Crippen molar-refractivity contribution in [3.8, 4) is 22.8 Å². The van der Waals surface area contributed by atoms with Crippen LogP contribution in [0.3, 0.4) is 0 Å². The van der Waals surface area contributed by atoms with Crippen LogP contribution < -0.4 is 20.5 Å². The molecular weight excluding hydrogens is 543 g/mol. The number of nitrogens with one attached hydrogen (secondary N) is 2. The molecule has 3 aliphatic rings. The van der Waals surface area contributed by atoms with E-state index in [4.69, 9.17) is 9.47 Å². The molecule has 2 N–H and O–H groups in total. The van der Waals surface area contributed by atoms with Crippen LogP contribution in [0.25, 0.3) is 11.3 Å². The highest BCUT2D eigenvalue weighted by molar-refractivity contribution is 5.74. The molecule has 0 amide bonds. The summed E-state index contributed by atoms with van der Waals surface area (Å²) in [4.78, 5) is 20.4. The van der Waals surface area contributed by atoms with Gasteiger partial charge in [-0.25, -0.2) is 4.39 Å². The number of pyridine rings is 1. The number of aromatic nitrogens is 1. The number of H-pyrrole nitrogens is 1. The van der Waals surface area contributed by atoms with Crippen molar-refractivity contribution in [2.75, 3.05) is 56.2 Å². The molecular formula is C35H37FN4O3. The van der Waals surface area contributed by atoms with Crippen molar-refractivity contribution in [3.63, 3.8) is 0 Å². The van der Waals surface area contributed by atoms with E-state index in [2.05, 4.69) is 44.4 Å². The molecule has 4 heterocycles. The van der Waals surface area contributed by atoms with Gasteiger partial charge in [-0.1, -0.05) is 24.3 Å². The van der Waals surface area contributed by atoms with Crippen LogP contribution in [0.2, 0.25) is 0 Å². The van der Waals surface area contributed by atoms with E-state index in [1.165, 1.54) is 5.56 Å². The molecule has 0 unspecified atom stereocenters. The Balaban J connectivity index is 1.00. The number of halogens is 1. The van der Waals surface area contributed by atoms with E-state index >= 15 is 0 Å². The fraction of sp³-hybridized carbons (Fsp3) is 0.343. The lowest BCUT2D eigenvalue weighted by molar-refractivity contribution is 0.122. The number of fused-ring (bicyclic) bond motifs is 2. The molecule has 3 aliphatic heterocycles. The summed E-state index contributed by atoms with van der Waals surface area (Å²) >= 11 is 0. The maximum Gasteiger partial charge on any atom is 0.250 e. The summed E-state index contributed by atoms with van der Waals surface area (Å²) in [5.74, 6) is 1.48. The second-order valence-electron chi connectivity index (χ2n) is 11.7. The van der Waals surface area contributed by atoms with E-state index in [9.17, 15) is 9.18 Å². The predicted molar refractivity (Wildman–Crippen MR) is 168 cm³/mol. The largest absolute Gasteiger partial charge is 0.456 e. The molecule has 2 fully saturated rings. The summed E-state index contributed by atoms with van der Waals surface area (Å²) in [5.41, 5.74) is 7.00. The summed E-state index contributed by atoms with van der Waals surface area (Å²) in [6.07, 6.45) is 3.89. The Kier molecular flexibility index (Phi) is 7.87. The van der Waals surface area contributed by atoms with Gasteiger partial charge in [-0.3, -0.25) is 4.79 Å². The van der Waals surface area contributed by atoms with Crippen molar-refractivity contribution in [1.29, 1.82) is 0 Å². The first-order chi connectivity index (χ1) is 21.1. The second-order valence-corrected chi connectivity index (χ2v) is 11.7. The van der Waals surface area contributed by atoms with E-state index in [-0.39, 0.29) is 11.4 Å². The first-order valence-corrected chi connectivity index (χ1v) is 15.3. The van der Waals surface area contributed by atoms with Crippen LogP contribution in [0.4, 0.5) is 15.8 Å². The fourth-order valence-corrected chi connectivity index (χ4v) is 6.43. The minimum absolute atomic E-state index is 0.123. The summed E-state index contributed by atoms with van der Waals surface area (Å²) in [6, 6.07) is 23.5. The van der Waals surface area contributed by atoms with Gasteiger partial charge < -0.3 is 29.6 Å². The number of hydrogen-bond acceptors (Lipinski definition) is 6. The smallest absolute Gasteiger partial charge is 0.250 e. The number of anilines is 2. The first kappa shape index (κ1) is 27.7. The van der Waals surface area contributed by atoms with E-state index < -0.39 is 0 Å². The van der Waals surface area contributed by atoms with Gasteiger partial charge in [-0.2, -0.15) is 0 Å². The van der Waals surface area contributed by atoms with Crippen LogP contribution in [0.5, 0.6) is 11.5 Å². The average molecular weight is 581 g/mol. The van der Waals surface area contributed by atoms with E-state index in [0.717, 1.165) is 104 Å². The summed E-state index contributed by atoms with van der Waals surface area (Å²) in [7, 11) is 0. The maximum absolute atomic E-state index is 13.2. The molecule has 2 saturated heterocycles. The minimum atomic E-state index is -0.179. The molecule has 0 radical (unpaired) electrons. The highest BCUT2D eigenvalue weighted by atomic mass is 19.1. The third-order valence-electron chi connectivity index (χ3n) is 8.83. The van der Waals surface area contributed by atoms with Crippen molar-refractivity contribution >= 4 is 11.4 Å². The van der Waals surface area contributed by atoms with Gasteiger partial charge in [0.2, 0.25) is 5.56 Å². The van der Waals surface area contributed by atoms with E-state index in [1.807, 2.05) is 30.3 Å². The zero-order chi connectivity index (χ0) is 29.2. The normalized spacial score (nSPS) is 17.2. The molecule has 3 aromatic carbocycles. The lowest BCUT2D eigenvalue weighted by atomic mass is 9.95. The highest BCUT2D eigenvalue weighted by Gasteiger charge is 2.24. The molecule has 0 bridgehead atoms. The Labute approximate surface area is 251 Å². The van der Waals surface area contributed by atoms with Gasteiger partial charge in [0.05, 0.1) is 18.9 Å². The lowest BCUT2D eigenvalue weighted by Crippen LogP contribution is -2.40. The van der Waals surface area contributed by atoms with Crippen LogP contribution in [0, 0.1) is 5.82 Å². The van der Waals surface area contributed by atoms with Crippen molar-refractivity contribution in [2.45, 2.75) is 31.7 Å². The number of rotatable bonds is 7. The fourth-order valence-electron chi connectivity index (χ4n) is 6.43. The van der Waals surface area contributed by atoms with Crippen molar-refractivity contribution < 1.29 is 13.9 Å². The number of benzene rings is 3. The summed E-state index contributed by atoms with van der Waals surface area (Å²) in [6.45, 7) is 5.98. The van der Waals surface area contributed by atoms with Crippen LogP contribution >= 0.6 is 0 Å². The molecule has 0 aliphatic carbocycles. The molecule has 43 heavy (non-hydrogen) atoms. The number of likely N-dealkylation sites (tertiary alicyclic amines) is 1. The molecule has 7 rings (SSSR count). The Bertz CT molecular complexity index is 1640. The van der Waals surface area contributed by atoms with Crippen LogP contribution in [0.15, 0.2) is 77.6 Å². The topological polar surface area (TPSA) is 69.8 Å². The number of para-hydroxylation sites is 1. The van der Waals surface area contributed by atoms with Crippen molar-refractivity contribution in [3.05, 3.63) is 106 Å². The molecule has 222 valence electrons. The molecule has 8 heteroatoms. The monoisotopic (exact) mass is 580 g/mol. The number of morpholine rings is 1. The van der Waals surface area contributed by atoms with Crippen LogP contribution in [-0.2, 0) is 17.6 Å². The number of nitrogens with zero attached hydrogens (tertiary/aromatic N) is 2. The summed E-state index contributed by atoms with van der Waals surface area (Å²) < 4.78 is 25.2. The second kappa shape index (κ2) is 12.2. The van der Waals surface area contributed by atoms with Gasteiger partial charge in [0, 0.05) is 73.8 Å². The van der Waals surface area contributed by atoms with E-state index in [0.29, 0.717) is 19.3 Å². The average Bonchev–Trinajstić information content (AvgIpc) is 3.04. The number of hydrogen-bond donors (Lipinski definition) is 2. The van der Waals surface area contributed by atoms with Crippen LogP contribution in [-0.4, -0.2) is 61.9 Å². The number of ether oxygens (including phenoxy) is 2. The van der Waals surface area contributed by atoms with Crippen molar-refractivity contribution in [2.24, 2.45) is 0 Å². The Morgan fingerprint density at radius 1 is 0.907 bits per heavy atom. The van der Waals surface area contributed by atoms with Gasteiger partial charge in [0.1, 0.15) is 17.3 Å². The van der Waals surface area contributed by atoms with E-state index in [1.54, 1.807) is 18.2 Å². The first-order valence-electron chi connectivity index (χ1n) is 15.3. The minimum Gasteiger partial charge on any atom is -0.456 e. The number of aromatic amines is 1. The highest BCUT2D eigenvalue weighted by Crippen LogP contribution is 2.43. The zero-order valence-electron chi connectivity index (χ0n) is 24.3. The van der Waals surface area contributed by atoms with Gasteiger partial charge in [0.25, 0.3) is 0 Å². The molecule has 0 saturated carbocycles. The summed E-state index contributed by atoms with van der Waals surface area (Å²) in [5, 5.41) is 3.76. The maximum atomic E-state index is 13.2. The number of piperidine rings is 1. The predicted octanol–water partition coefficient (Wildman–Crippen LogP) is 5.83. The Hall–Kier alpha value is -4.14. The van der Waals surface area contributed by atoms with Gasteiger partial charge in [-0.05, 0) is 72.9 Å². The molecule has 7 nitrogen and oxygen atoms in total. The molecule has 0 spiro atoms. The standard InChI is InChI=1S/C35H37FN4O3/c36-27-6-4-24(5-7-27)10-13-39-14-11-28(12-15-39)37-29-8-9-33-26(21-29)20-25-2-1-3-31(35(25)43-33)32-22-30(23-34(41)38-32)40-16-18-42-19-17-40/h1-9,21-23,28,37H,10-20H2,(H,38,41). The van der Waals surface area contributed by atoms with Crippen molar-refractivity contribution in [1.82, 2.24) is 9.88 Å². The SMILES string of the molecule is O=c1cc(N2CCOCC2)cc(-c2cccc3c2Oc2ccc(NC4CCN(CCc5ccc(F)cc5)CC4)cc2C3)[nH]1. The molecule has 1 aromatic heterocycles. The third-order valence-corrected chi connectivity index (χ3v) is 8.83. The van der Waals surface area contributed by atoms with Gasteiger partial charge in [0.15, 0.2) is 0 Å². The Morgan fingerprint density at radius 2 is 1.72 bits per heavy atom. The zero-order valence-corrected chi connectivity index (χ0v) is 24.3. The Morgan fingerprint density at radius 3 is 2.53 bits per heavy atom. The third kappa shape index (κ3) is 6.31.